The number of fused-ring (bicyclic) bond motifs is 1. The highest BCUT2D eigenvalue weighted by Crippen LogP contribution is 2.40. The molecule has 0 radical (unpaired) electrons. The van der Waals surface area contributed by atoms with E-state index in [1.54, 1.807) is 11.8 Å². The number of rotatable bonds is 5. The Hall–Kier alpha value is -3.39. The number of nitrogens with zero attached hydrogens (tertiary/aromatic N) is 4. The summed E-state index contributed by atoms with van der Waals surface area (Å²) in [7, 11) is 1.62. The van der Waals surface area contributed by atoms with E-state index in [4.69, 9.17) is 4.74 Å². The molecule has 2 aromatic carbocycles. The van der Waals surface area contributed by atoms with Crippen molar-refractivity contribution in [1.82, 2.24) is 14.9 Å². The Morgan fingerprint density at radius 3 is 2.31 bits per heavy atom. The van der Waals surface area contributed by atoms with E-state index in [2.05, 4.69) is 10.2 Å². The highest BCUT2D eigenvalue weighted by atomic mass is 32.2. The molecule has 1 amide bonds. The third-order valence-electron chi connectivity index (χ3n) is 5.42. The number of carbonyl (C=O) groups is 2. The summed E-state index contributed by atoms with van der Waals surface area (Å²) in [4.78, 5) is 26.0. The van der Waals surface area contributed by atoms with Gasteiger partial charge in [-0.15, -0.1) is 10.2 Å². The monoisotopic (exact) mass is 448 g/mol. The summed E-state index contributed by atoms with van der Waals surface area (Å²) in [6.07, 6.45) is 0.469. The Morgan fingerprint density at radius 2 is 1.72 bits per heavy atom. The molecule has 0 fully saturated rings. The Balaban J connectivity index is 1.84. The average molecular weight is 449 g/mol. The van der Waals surface area contributed by atoms with E-state index in [1.165, 1.54) is 30.6 Å². The molecular formula is C24H24N4O3S. The minimum atomic E-state index is -0.227. The number of ketones is 1. The average Bonchev–Trinajstić information content (AvgIpc) is 3.17. The first-order chi connectivity index (χ1) is 15.3. The SMILES string of the molecule is COc1ccc(Cc2nnc3n2N(C(C)=O)C(c2ccc(C)c(C)c2)=C(C(C)=O)S3)cc1. The molecule has 0 bridgehead atoms. The Kier molecular flexibility index (Phi) is 5.88. The van der Waals surface area contributed by atoms with Crippen molar-refractivity contribution in [3.8, 4) is 5.75 Å². The van der Waals surface area contributed by atoms with Gasteiger partial charge in [-0.25, -0.2) is 9.69 Å². The molecule has 0 saturated carbocycles. The molecule has 0 N–H and O–H groups in total. The first-order valence-corrected chi connectivity index (χ1v) is 11.0. The van der Waals surface area contributed by atoms with Crippen LogP contribution in [0.4, 0.5) is 0 Å². The van der Waals surface area contributed by atoms with Gasteiger partial charge in [0.05, 0.1) is 17.7 Å². The lowest BCUT2D eigenvalue weighted by Gasteiger charge is -2.32. The number of thioether (sulfide) groups is 1. The second-order valence-corrected chi connectivity index (χ2v) is 8.68. The number of allylic oxidation sites excluding steroid dienone is 1. The fraction of sp³-hybridized carbons (Fsp3) is 0.250. The molecule has 0 atom stereocenters. The van der Waals surface area contributed by atoms with Crippen LogP contribution in [-0.4, -0.2) is 33.7 Å². The van der Waals surface area contributed by atoms with E-state index in [-0.39, 0.29) is 11.7 Å². The molecule has 0 unspecified atom stereocenters. The Bertz CT molecular complexity index is 1240. The van der Waals surface area contributed by atoms with E-state index in [1.807, 2.05) is 56.3 Å². The van der Waals surface area contributed by atoms with Gasteiger partial charge in [0.2, 0.25) is 11.1 Å². The van der Waals surface area contributed by atoms with Crippen molar-refractivity contribution in [3.05, 3.63) is 75.4 Å². The standard InChI is InChI=1S/C24H24N4O3S/c1-14-6-9-19(12-15(14)2)22-23(16(3)29)32-24-26-25-21(28(24)27(22)17(4)30)13-18-7-10-20(31-5)11-8-18/h6-12H,13H2,1-5H3. The van der Waals surface area contributed by atoms with Crippen LogP contribution >= 0.6 is 11.8 Å². The number of hydrogen-bond acceptors (Lipinski definition) is 6. The van der Waals surface area contributed by atoms with Gasteiger partial charge in [-0.05, 0) is 67.4 Å². The van der Waals surface area contributed by atoms with Crippen LogP contribution in [0.3, 0.4) is 0 Å². The van der Waals surface area contributed by atoms with Crippen LogP contribution < -0.4 is 9.75 Å². The van der Waals surface area contributed by atoms with Crippen molar-refractivity contribution in [1.29, 1.82) is 0 Å². The van der Waals surface area contributed by atoms with Crippen LogP contribution in [0, 0.1) is 13.8 Å². The predicted octanol–water partition coefficient (Wildman–Crippen LogP) is 4.04. The number of benzene rings is 2. The van der Waals surface area contributed by atoms with Crippen molar-refractivity contribution < 1.29 is 14.3 Å². The van der Waals surface area contributed by atoms with Gasteiger partial charge in [0, 0.05) is 18.9 Å². The van der Waals surface area contributed by atoms with Gasteiger partial charge in [0.1, 0.15) is 5.75 Å². The maximum Gasteiger partial charge on any atom is 0.243 e. The number of aromatic nitrogens is 3. The van der Waals surface area contributed by atoms with Crippen molar-refractivity contribution in [2.75, 3.05) is 12.1 Å². The fourth-order valence-corrected chi connectivity index (χ4v) is 4.59. The number of ether oxygens (including phenoxy) is 1. The highest BCUT2D eigenvalue weighted by molar-refractivity contribution is 8.04. The van der Waals surface area contributed by atoms with Crippen LogP contribution in [0.2, 0.25) is 0 Å². The smallest absolute Gasteiger partial charge is 0.243 e. The third kappa shape index (κ3) is 3.93. The second-order valence-electron chi connectivity index (χ2n) is 7.70. The van der Waals surface area contributed by atoms with Crippen LogP contribution in [0.25, 0.3) is 5.70 Å². The van der Waals surface area contributed by atoms with Gasteiger partial charge < -0.3 is 4.74 Å². The number of aryl methyl sites for hydroxylation is 2. The van der Waals surface area contributed by atoms with E-state index in [0.717, 1.165) is 28.0 Å². The number of Topliss-reactive ketones (excluding diaryl/α,β-unsaturated/α-hetero) is 1. The molecule has 164 valence electrons. The van der Waals surface area contributed by atoms with E-state index < -0.39 is 0 Å². The normalized spacial score (nSPS) is 13.2. The summed E-state index contributed by atoms with van der Waals surface area (Å²) in [5.41, 5.74) is 4.59. The van der Waals surface area contributed by atoms with Crippen molar-refractivity contribution in [3.63, 3.8) is 0 Å². The first-order valence-electron chi connectivity index (χ1n) is 10.2. The zero-order chi connectivity index (χ0) is 23.0. The minimum absolute atomic E-state index is 0.125. The first kappa shape index (κ1) is 21.8. The van der Waals surface area contributed by atoms with Gasteiger partial charge in [-0.2, -0.15) is 0 Å². The lowest BCUT2D eigenvalue weighted by molar-refractivity contribution is -0.117. The van der Waals surface area contributed by atoms with Crippen molar-refractivity contribution >= 4 is 29.1 Å². The molecule has 1 aliphatic rings. The van der Waals surface area contributed by atoms with E-state index in [0.29, 0.717) is 28.0 Å². The van der Waals surface area contributed by atoms with E-state index >= 15 is 0 Å². The van der Waals surface area contributed by atoms with Gasteiger partial charge in [0.25, 0.3) is 0 Å². The summed E-state index contributed by atoms with van der Waals surface area (Å²) >= 11 is 1.24. The van der Waals surface area contributed by atoms with E-state index in [9.17, 15) is 9.59 Å². The molecule has 1 aliphatic heterocycles. The lowest BCUT2D eigenvalue weighted by atomic mass is 10.0. The molecule has 32 heavy (non-hydrogen) atoms. The summed E-state index contributed by atoms with van der Waals surface area (Å²) < 4.78 is 6.95. The lowest BCUT2D eigenvalue weighted by Crippen LogP contribution is -2.41. The largest absolute Gasteiger partial charge is 0.497 e. The second kappa shape index (κ2) is 8.63. The van der Waals surface area contributed by atoms with Gasteiger partial charge in [-0.1, -0.05) is 24.3 Å². The molecule has 7 nitrogen and oxygen atoms in total. The quantitative estimate of drug-likeness (QED) is 0.586. The zero-order valence-corrected chi connectivity index (χ0v) is 19.5. The third-order valence-corrected chi connectivity index (χ3v) is 6.54. The maximum atomic E-state index is 12.9. The van der Waals surface area contributed by atoms with Gasteiger partial charge in [-0.3, -0.25) is 9.59 Å². The van der Waals surface area contributed by atoms with Crippen molar-refractivity contribution in [2.45, 2.75) is 39.3 Å². The topological polar surface area (TPSA) is 77.3 Å². The number of amides is 1. The fourth-order valence-electron chi connectivity index (χ4n) is 3.61. The molecular weight excluding hydrogens is 424 g/mol. The molecule has 0 saturated heterocycles. The van der Waals surface area contributed by atoms with Crippen LogP contribution in [0.1, 0.15) is 41.9 Å². The Labute approximate surface area is 191 Å². The molecule has 8 heteroatoms. The predicted molar refractivity (Wildman–Crippen MR) is 124 cm³/mol. The molecule has 0 aliphatic carbocycles. The minimum Gasteiger partial charge on any atom is -0.497 e. The van der Waals surface area contributed by atoms with Crippen molar-refractivity contribution in [2.24, 2.45) is 0 Å². The molecule has 0 spiro atoms. The summed E-state index contributed by atoms with van der Waals surface area (Å²) in [5, 5.41) is 10.6. The summed E-state index contributed by atoms with van der Waals surface area (Å²) in [6, 6.07) is 13.6. The van der Waals surface area contributed by atoms with Crippen LogP contribution in [0.5, 0.6) is 5.75 Å². The molecule has 1 aromatic heterocycles. The molecule has 2 heterocycles. The maximum absolute atomic E-state index is 12.9. The highest BCUT2D eigenvalue weighted by Gasteiger charge is 2.35. The molecule has 4 rings (SSSR count). The van der Waals surface area contributed by atoms with Gasteiger partial charge >= 0.3 is 0 Å². The number of hydrogen-bond donors (Lipinski definition) is 0. The zero-order valence-electron chi connectivity index (χ0n) is 18.7. The van der Waals surface area contributed by atoms with Crippen LogP contribution in [-0.2, 0) is 16.0 Å². The van der Waals surface area contributed by atoms with Crippen LogP contribution in [0.15, 0.2) is 52.5 Å². The number of methoxy groups -OCH3 is 1. The number of carbonyl (C=O) groups excluding carboxylic acids is 2. The Morgan fingerprint density at radius 1 is 1.00 bits per heavy atom. The summed E-state index contributed by atoms with van der Waals surface area (Å²) in [5.74, 6) is 1.02. The van der Waals surface area contributed by atoms with Gasteiger partial charge in [0.15, 0.2) is 11.6 Å². The molecule has 3 aromatic rings. The summed E-state index contributed by atoms with van der Waals surface area (Å²) in [6.45, 7) is 7.03.